The van der Waals surface area contributed by atoms with Crippen LogP contribution in [0.1, 0.15) is 23.8 Å². The number of hydrogen-bond donors (Lipinski definition) is 2. The molecule has 110 valence electrons. The molecule has 1 amide bonds. The van der Waals surface area contributed by atoms with E-state index in [1.165, 1.54) is 0 Å². The topological polar surface area (TPSA) is 54.0 Å². The fourth-order valence-corrected chi connectivity index (χ4v) is 2.15. The summed E-state index contributed by atoms with van der Waals surface area (Å²) in [6.45, 7) is 2.87. The molecule has 2 aromatic rings. The van der Waals surface area contributed by atoms with Crippen LogP contribution in [0.2, 0.25) is 10.0 Å². The minimum Gasteiger partial charge on any atom is -0.370 e. The van der Waals surface area contributed by atoms with Crippen molar-refractivity contribution in [2.24, 2.45) is 0 Å². The van der Waals surface area contributed by atoms with Crippen molar-refractivity contribution in [1.29, 1.82) is 0 Å². The van der Waals surface area contributed by atoms with Gasteiger partial charge in [0.2, 0.25) is 0 Å². The number of amides is 1. The van der Waals surface area contributed by atoms with E-state index < -0.39 is 0 Å². The van der Waals surface area contributed by atoms with Gasteiger partial charge in [-0.3, -0.25) is 4.79 Å². The number of anilines is 2. The lowest BCUT2D eigenvalue weighted by Crippen LogP contribution is -2.15. The number of halogens is 2. The van der Waals surface area contributed by atoms with E-state index in [1.54, 1.807) is 30.3 Å². The molecule has 6 heteroatoms. The van der Waals surface area contributed by atoms with Crippen LogP contribution in [0.15, 0.2) is 36.4 Å². The van der Waals surface area contributed by atoms with E-state index in [0.29, 0.717) is 27.2 Å². The maximum Gasteiger partial charge on any atom is 0.274 e. The largest absolute Gasteiger partial charge is 0.370 e. The average Bonchev–Trinajstić information content (AvgIpc) is 2.48. The number of rotatable bonds is 5. The van der Waals surface area contributed by atoms with Crippen molar-refractivity contribution in [3.8, 4) is 0 Å². The van der Waals surface area contributed by atoms with Gasteiger partial charge in [-0.25, -0.2) is 4.98 Å². The summed E-state index contributed by atoms with van der Waals surface area (Å²) < 4.78 is 0. The Morgan fingerprint density at radius 3 is 2.76 bits per heavy atom. The van der Waals surface area contributed by atoms with E-state index in [1.807, 2.05) is 6.07 Å². The first-order chi connectivity index (χ1) is 10.1. The van der Waals surface area contributed by atoms with Gasteiger partial charge in [-0.1, -0.05) is 36.2 Å². The lowest BCUT2D eigenvalue weighted by Gasteiger charge is -2.09. The third-order valence-electron chi connectivity index (χ3n) is 2.72. The lowest BCUT2D eigenvalue weighted by molar-refractivity contribution is 0.102. The normalized spacial score (nSPS) is 10.2. The molecule has 1 aromatic carbocycles. The highest BCUT2D eigenvalue weighted by Gasteiger charge is 2.10. The van der Waals surface area contributed by atoms with Crippen LogP contribution in [-0.2, 0) is 0 Å². The van der Waals surface area contributed by atoms with Crippen LogP contribution in [0.4, 0.5) is 11.5 Å². The van der Waals surface area contributed by atoms with Gasteiger partial charge in [-0.05, 0) is 36.8 Å². The van der Waals surface area contributed by atoms with E-state index in [0.717, 1.165) is 13.0 Å². The van der Waals surface area contributed by atoms with Gasteiger partial charge in [0.1, 0.15) is 11.5 Å². The second kappa shape index (κ2) is 7.29. The molecule has 2 rings (SSSR count). The Hall–Kier alpha value is -1.78. The SMILES string of the molecule is CCCNc1cccc(C(=O)Nc2ccc(Cl)cc2Cl)n1. The smallest absolute Gasteiger partial charge is 0.274 e. The van der Waals surface area contributed by atoms with E-state index >= 15 is 0 Å². The minimum atomic E-state index is -0.320. The predicted octanol–water partition coefficient (Wildman–Crippen LogP) is 4.46. The van der Waals surface area contributed by atoms with Crippen LogP contribution in [-0.4, -0.2) is 17.4 Å². The van der Waals surface area contributed by atoms with Crippen molar-refractivity contribution in [3.63, 3.8) is 0 Å². The fourth-order valence-electron chi connectivity index (χ4n) is 1.69. The molecule has 0 aliphatic rings. The number of nitrogens with zero attached hydrogens (tertiary/aromatic N) is 1. The third-order valence-corrected chi connectivity index (χ3v) is 3.26. The van der Waals surface area contributed by atoms with Gasteiger partial charge in [0.05, 0.1) is 10.7 Å². The van der Waals surface area contributed by atoms with Gasteiger partial charge in [-0.15, -0.1) is 0 Å². The molecule has 0 saturated heterocycles. The number of aromatic nitrogens is 1. The molecule has 1 heterocycles. The lowest BCUT2D eigenvalue weighted by atomic mass is 10.3. The van der Waals surface area contributed by atoms with E-state index in [4.69, 9.17) is 23.2 Å². The van der Waals surface area contributed by atoms with Crippen molar-refractivity contribution in [1.82, 2.24) is 4.98 Å². The molecule has 21 heavy (non-hydrogen) atoms. The Bertz CT molecular complexity index is 647. The maximum atomic E-state index is 12.2. The number of benzene rings is 1. The van der Waals surface area contributed by atoms with Gasteiger partial charge >= 0.3 is 0 Å². The molecule has 0 spiro atoms. The maximum absolute atomic E-state index is 12.2. The van der Waals surface area contributed by atoms with Crippen molar-refractivity contribution < 1.29 is 4.79 Å². The quantitative estimate of drug-likeness (QED) is 0.853. The molecule has 0 radical (unpaired) electrons. The molecule has 0 saturated carbocycles. The fraction of sp³-hybridized carbons (Fsp3) is 0.200. The van der Waals surface area contributed by atoms with E-state index in [9.17, 15) is 4.79 Å². The molecular weight excluding hydrogens is 309 g/mol. The first kappa shape index (κ1) is 15.6. The third kappa shape index (κ3) is 4.34. The predicted molar refractivity (Wildman–Crippen MR) is 87.4 cm³/mol. The Morgan fingerprint density at radius 2 is 2.05 bits per heavy atom. The summed E-state index contributed by atoms with van der Waals surface area (Å²) in [7, 11) is 0. The Balaban J connectivity index is 2.12. The molecule has 0 fully saturated rings. The monoisotopic (exact) mass is 323 g/mol. The first-order valence-electron chi connectivity index (χ1n) is 6.57. The van der Waals surface area contributed by atoms with Crippen molar-refractivity contribution >= 4 is 40.6 Å². The summed E-state index contributed by atoms with van der Waals surface area (Å²) in [6, 6.07) is 10.1. The zero-order chi connectivity index (χ0) is 15.2. The van der Waals surface area contributed by atoms with Crippen LogP contribution in [0.3, 0.4) is 0 Å². The van der Waals surface area contributed by atoms with Crippen LogP contribution < -0.4 is 10.6 Å². The molecule has 1 aromatic heterocycles. The van der Waals surface area contributed by atoms with Crippen molar-refractivity contribution in [2.75, 3.05) is 17.2 Å². The summed E-state index contributed by atoms with van der Waals surface area (Å²) >= 11 is 11.9. The summed E-state index contributed by atoms with van der Waals surface area (Å²) in [6.07, 6.45) is 0.985. The molecule has 0 aliphatic carbocycles. The first-order valence-corrected chi connectivity index (χ1v) is 7.33. The minimum absolute atomic E-state index is 0.320. The Labute approximate surface area is 133 Å². The highest BCUT2D eigenvalue weighted by atomic mass is 35.5. The standard InChI is InChI=1S/C15H15Cl2N3O/c1-2-8-18-14-5-3-4-13(19-14)15(21)20-12-7-6-10(16)9-11(12)17/h3-7,9H,2,8H2,1H3,(H,18,19)(H,20,21). The molecule has 0 aliphatic heterocycles. The zero-order valence-electron chi connectivity index (χ0n) is 11.5. The second-order valence-electron chi connectivity index (χ2n) is 4.41. The number of carbonyl (C=O) groups is 1. The Kier molecular flexibility index (Phi) is 5.42. The van der Waals surface area contributed by atoms with Gasteiger partial charge in [0, 0.05) is 11.6 Å². The van der Waals surface area contributed by atoms with Crippen LogP contribution in [0, 0.1) is 0 Å². The number of hydrogen-bond acceptors (Lipinski definition) is 3. The molecular formula is C15H15Cl2N3O. The van der Waals surface area contributed by atoms with Gasteiger partial charge < -0.3 is 10.6 Å². The van der Waals surface area contributed by atoms with E-state index in [2.05, 4.69) is 22.5 Å². The summed E-state index contributed by atoms with van der Waals surface area (Å²) in [5.74, 6) is 0.353. The number of carbonyl (C=O) groups excluding carboxylic acids is 1. The van der Waals surface area contributed by atoms with Crippen LogP contribution in [0.25, 0.3) is 0 Å². The summed E-state index contributed by atoms with van der Waals surface area (Å²) in [5.41, 5.74) is 0.821. The van der Waals surface area contributed by atoms with Gasteiger partial charge in [-0.2, -0.15) is 0 Å². The summed E-state index contributed by atoms with van der Waals surface area (Å²) in [5, 5.41) is 6.76. The zero-order valence-corrected chi connectivity index (χ0v) is 13.0. The van der Waals surface area contributed by atoms with Crippen molar-refractivity contribution in [2.45, 2.75) is 13.3 Å². The molecule has 0 atom stereocenters. The second-order valence-corrected chi connectivity index (χ2v) is 5.26. The average molecular weight is 324 g/mol. The van der Waals surface area contributed by atoms with Crippen molar-refractivity contribution in [3.05, 3.63) is 52.1 Å². The Morgan fingerprint density at radius 1 is 1.24 bits per heavy atom. The number of pyridine rings is 1. The molecule has 4 nitrogen and oxygen atoms in total. The summed E-state index contributed by atoms with van der Waals surface area (Å²) in [4.78, 5) is 16.4. The van der Waals surface area contributed by atoms with Gasteiger partial charge in [0.15, 0.2) is 0 Å². The van der Waals surface area contributed by atoms with Crippen LogP contribution >= 0.6 is 23.2 Å². The molecule has 0 bridgehead atoms. The molecule has 2 N–H and O–H groups in total. The van der Waals surface area contributed by atoms with Crippen LogP contribution in [0.5, 0.6) is 0 Å². The number of nitrogens with one attached hydrogen (secondary N) is 2. The van der Waals surface area contributed by atoms with Gasteiger partial charge in [0.25, 0.3) is 5.91 Å². The highest BCUT2D eigenvalue weighted by molar-refractivity contribution is 6.36. The van der Waals surface area contributed by atoms with E-state index in [-0.39, 0.29) is 5.91 Å². The molecule has 0 unspecified atom stereocenters. The highest BCUT2D eigenvalue weighted by Crippen LogP contribution is 2.25.